The first-order valence-electron chi connectivity index (χ1n) is 9.77. The van der Waals surface area contributed by atoms with Crippen LogP contribution >= 0.6 is 11.6 Å². The Labute approximate surface area is 179 Å². The summed E-state index contributed by atoms with van der Waals surface area (Å²) in [6.45, 7) is 5.88. The van der Waals surface area contributed by atoms with Gasteiger partial charge in [-0.3, -0.25) is 4.90 Å². The lowest BCUT2D eigenvalue weighted by molar-refractivity contribution is 0.284. The molecule has 4 rings (SSSR count). The summed E-state index contributed by atoms with van der Waals surface area (Å²) in [5.41, 5.74) is 2.56. The number of anilines is 1. The number of piperazine rings is 1. The molecule has 0 N–H and O–H groups in total. The van der Waals surface area contributed by atoms with E-state index in [9.17, 15) is 8.78 Å². The van der Waals surface area contributed by atoms with Gasteiger partial charge in [0, 0.05) is 56.2 Å². The number of nitrogens with zero attached hydrogens (tertiary/aromatic N) is 5. The van der Waals surface area contributed by atoms with Gasteiger partial charge < -0.3 is 4.90 Å². The zero-order valence-electron chi connectivity index (χ0n) is 16.6. The molecule has 1 saturated heterocycles. The molecule has 1 aliphatic heterocycles. The van der Waals surface area contributed by atoms with E-state index in [0.717, 1.165) is 50.0 Å². The molecule has 0 amide bonds. The van der Waals surface area contributed by atoms with Crippen LogP contribution in [0.4, 0.5) is 14.5 Å². The van der Waals surface area contributed by atoms with E-state index in [4.69, 9.17) is 11.6 Å². The first-order chi connectivity index (χ1) is 14.5. The van der Waals surface area contributed by atoms with Crippen molar-refractivity contribution in [1.29, 1.82) is 0 Å². The first kappa shape index (κ1) is 20.5. The van der Waals surface area contributed by atoms with E-state index in [2.05, 4.69) is 21.1 Å². The Balaban J connectivity index is 1.34. The van der Waals surface area contributed by atoms with Crippen LogP contribution < -0.4 is 4.90 Å². The molecule has 8 heteroatoms. The molecular weight excluding hydrogens is 408 g/mol. The molecule has 0 aliphatic carbocycles. The quantitative estimate of drug-likeness (QED) is 0.604. The van der Waals surface area contributed by atoms with E-state index in [1.165, 1.54) is 12.1 Å². The van der Waals surface area contributed by atoms with Gasteiger partial charge in [0.1, 0.15) is 11.6 Å². The molecule has 0 spiro atoms. The summed E-state index contributed by atoms with van der Waals surface area (Å²) in [7, 11) is 0. The molecule has 0 radical (unpaired) electrons. The molecule has 1 aromatic carbocycles. The predicted octanol–water partition coefficient (Wildman–Crippen LogP) is 4.34. The van der Waals surface area contributed by atoms with Gasteiger partial charge in [0.05, 0.1) is 16.9 Å². The molecule has 0 bridgehead atoms. The van der Waals surface area contributed by atoms with Crippen LogP contribution in [0.5, 0.6) is 0 Å². The number of benzene rings is 1. The minimum absolute atomic E-state index is 0.543. The van der Waals surface area contributed by atoms with E-state index < -0.39 is 11.6 Å². The van der Waals surface area contributed by atoms with Crippen molar-refractivity contribution in [3.8, 4) is 5.82 Å². The molecule has 3 aromatic rings. The molecule has 3 heterocycles. The molecule has 0 atom stereocenters. The summed E-state index contributed by atoms with van der Waals surface area (Å²) >= 11 is 6.23. The largest absolute Gasteiger partial charge is 0.369 e. The fourth-order valence-corrected chi connectivity index (χ4v) is 3.77. The van der Waals surface area contributed by atoms with Gasteiger partial charge in [-0.05, 0) is 31.2 Å². The lowest BCUT2D eigenvalue weighted by Gasteiger charge is -2.35. The van der Waals surface area contributed by atoms with E-state index in [1.807, 2.05) is 17.9 Å². The van der Waals surface area contributed by atoms with Gasteiger partial charge in [-0.1, -0.05) is 23.8 Å². The monoisotopic (exact) mass is 429 g/mol. The van der Waals surface area contributed by atoms with Gasteiger partial charge in [-0.2, -0.15) is 5.10 Å². The van der Waals surface area contributed by atoms with Crippen molar-refractivity contribution in [1.82, 2.24) is 19.7 Å². The van der Waals surface area contributed by atoms with Crippen molar-refractivity contribution in [3.63, 3.8) is 0 Å². The molecule has 5 nitrogen and oxygen atoms in total. The minimum atomic E-state index is -0.543. The maximum atomic E-state index is 13.4. The van der Waals surface area contributed by atoms with Crippen molar-refractivity contribution >= 4 is 23.4 Å². The molecule has 0 saturated carbocycles. The topological polar surface area (TPSA) is 37.2 Å². The number of aromatic nitrogens is 3. The van der Waals surface area contributed by atoms with Crippen molar-refractivity contribution in [3.05, 3.63) is 76.7 Å². The second-order valence-corrected chi connectivity index (χ2v) is 7.63. The third kappa shape index (κ3) is 4.52. The van der Waals surface area contributed by atoms with Crippen LogP contribution in [0.3, 0.4) is 0 Å². The zero-order valence-corrected chi connectivity index (χ0v) is 17.4. The summed E-state index contributed by atoms with van der Waals surface area (Å²) in [5.74, 6) is -0.474. The van der Waals surface area contributed by atoms with E-state index in [-0.39, 0.29) is 0 Å². The van der Waals surface area contributed by atoms with Crippen molar-refractivity contribution < 1.29 is 8.78 Å². The number of halogens is 3. The maximum Gasteiger partial charge on any atom is 0.172 e. The van der Waals surface area contributed by atoms with Crippen LogP contribution in [-0.4, -0.2) is 52.4 Å². The summed E-state index contributed by atoms with van der Waals surface area (Å²) in [6, 6.07) is 7.24. The Morgan fingerprint density at radius 3 is 2.53 bits per heavy atom. The molecule has 1 aliphatic rings. The normalized spacial score (nSPS) is 15.3. The Hall–Kier alpha value is -2.77. The van der Waals surface area contributed by atoms with Gasteiger partial charge >= 0.3 is 0 Å². The fraction of sp³-hybridized carbons (Fsp3) is 0.273. The number of hydrogen-bond acceptors (Lipinski definition) is 4. The standard InChI is InChI=1S/C22H22ClF2N5/c1-16-17(15-27-30(16)22-21(23)5-2-6-26-22)4-3-7-28-8-10-29(11-9-28)20-13-18(24)12-19(25)14-20/h2-6,12-15H,7-11H2,1H3. The summed E-state index contributed by atoms with van der Waals surface area (Å²) in [4.78, 5) is 8.62. The lowest BCUT2D eigenvalue weighted by Crippen LogP contribution is -2.46. The Bertz CT molecular complexity index is 1040. The highest BCUT2D eigenvalue weighted by molar-refractivity contribution is 6.32. The van der Waals surface area contributed by atoms with E-state index in [0.29, 0.717) is 16.5 Å². The van der Waals surface area contributed by atoms with Crippen LogP contribution in [0.25, 0.3) is 11.9 Å². The highest BCUT2D eigenvalue weighted by Crippen LogP contribution is 2.21. The Morgan fingerprint density at radius 1 is 1.10 bits per heavy atom. The molecule has 0 unspecified atom stereocenters. The highest BCUT2D eigenvalue weighted by atomic mass is 35.5. The molecule has 1 fully saturated rings. The second kappa shape index (κ2) is 8.93. The predicted molar refractivity (Wildman–Crippen MR) is 115 cm³/mol. The van der Waals surface area contributed by atoms with Gasteiger partial charge in [0.2, 0.25) is 0 Å². The third-order valence-corrected chi connectivity index (χ3v) is 5.53. The van der Waals surface area contributed by atoms with E-state index in [1.54, 1.807) is 29.2 Å². The second-order valence-electron chi connectivity index (χ2n) is 7.22. The SMILES string of the molecule is Cc1c(C=CCN2CCN(c3cc(F)cc(F)c3)CC2)cnn1-c1ncccc1Cl. The lowest BCUT2D eigenvalue weighted by atomic mass is 10.2. The molecule has 156 valence electrons. The van der Waals surface area contributed by atoms with Crippen molar-refractivity contribution in [2.75, 3.05) is 37.6 Å². The fourth-order valence-electron chi connectivity index (χ4n) is 3.57. The number of hydrogen-bond donors (Lipinski definition) is 0. The number of pyridine rings is 1. The zero-order chi connectivity index (χ0) is 21.1. The van der Waals surface area contributed by atoms with E-state index >= 15 is 0 Å². The van der Waals surface area contributed by atoms with Crippen LogP contribution in [0, 0.1) is 18.6 Å². The third-order valence-electron chi connectivity index (χ3n) is 5.23. The summed E-state index contributed by atoms with van der Waals surface area (Å²) in [5, 5.41) is 4.96. The smallest absolute Gasteiger partial charge is 0.172 e. The highest BCUT2D eigenvalue weighted by Gasteiger charge is 2.17. The van der Waals surface area contributed by atoms with Crippen LogP contribution in [0.1, 0.15) is 11.3 Å². The first-order valence-corrected chi connectivity index (χ1v) is 10.1. The van der Waals surface area contributed by atoms with Gasteiger partial charge in [-0.15, -0.1) is 0 Å². The summed E-state index contributed by atoms with van der Waals surface area (Å²) in [6.07, 6.45) is 7.64. The molecule has 2 aromatic heterocycles. The van der Waals surface area contributed by atoms with Crippen molar-refractivity contribution in [2.24, 2.45) is 0 Å². The summed E-state index contributed by atoms with van der Waals surface area (Å²) < 4.78 is 28.6. The number of rotatable bonds is 5. The van der Waals surface area contributed by atoms with Crippen LogP contribution in [0.15, 0.2) is 48.8 Å². The van der Waals surface area contributed by atoms with Gasteiger partial charge in [0.25, 0.3) is 0 Å². The minimum Gasteiger partial charge on any atom is -0.369 e. The molecule has 30 heavy (non-hydrogen) atoms. The average Bonchev–Trinajstić information content (AvgIpc) is 3.08. The van der Waals surface area contributed by atoms with Crippen molar-refractivity contribution in [2.45, 2.75) is 6.92 Å². The maximum absolute atomic E-state index is 13.4. The molecular formula is C22H22ClF2N5. The Morgan fingerprint density at radius 2 is 1.83 bits per heavy atom. The van der Waals surface area contributed by atoms with Crippen LogP contribution in [0.2, 0.25) is 5.02 Å². The average molecular weight is 430 g/mol. The Kier molecular flexibility index (Phi) is 6.11. The van der Waals surface area contributed by atoms with Gasteiger partial charge in [-0.25, -0.2) is 18.4 Å². The van der Waals surface area contributed by atoms with Crippen LogP contribution in [-0.2, 0) is 0 Å². The van der Waals surface area contributed by atoms with Gasteiger partial charge in [0.15, 0.2) is 5.82 Å².